The summed E-state index contributed by atoms with van der Waals surface area (Å²) in [5.74, 6) is -2.56. The number of aliphatic carboxylic acids is 1. The van der Waals surface area contributed by atoms with E-state index in [0.717, 1.165) is 38.5 Å². The lowest BCUT2D eigenvalue weighted by molar-refractivity contribution is -0.136. The lowest BCUT2D eigenvalue weighted by Crippen LogP contribution is -2.51. The van der Waals surface area contributed by atoms with E-state index in [1.54, 1.807) is 0 Å². The molecule has 7 nitrogen and oxygen atoms in total. The molecule has 162 valence electrons. The molecule has 30 heavy (non-hydrogen) atoms. The molecule has 5 rings (SSSR count). The average molecular weight is 417 g/mol. The highest BCUT2D eigenvalue weighted by Crippen LogP contribution is 2.46. The molecule has 4 unspecified atom stereocenters. The number of ketones is 1. The van der Waals surface area contributed by atoms with Crippen LogP contribution in [0.5, 0.6) is 0 Å². The number of nitrogens with two attached hydrogens (primary N) is 1. The van der Waals surface area contributed by atoms with E-state index >= 15 is 4.39 Å². The molecule has 0 radical (unpaired) electrons. The van der Waals surface area contributed by atoms with Crippen LogP contribution in [0.25, 0.3) is 0 Å². The van der Waals surface area contributed by atoms with Gasteiger partial charge in [-0.2, -0.15) is 0 Å². The smallest absolute Gasteiger partial charge is 0.340 e. The molecule has 2 saturated carbocycles. The summed E-state index contributed by atoms with van der Waals surface area (Å²) in [7, 11) is 1.50. The number of nitrogens with zero attached hydrogens (tertiary/aromatic N) is 2. The van der Waals surface area contributed by atoms with Crippen LogP contribution in [0.3, 0.4) is 0 Å². The van der Waals surface area contributed by atoms with Gasteiger partial charge < -0.3 is 25.4 Å². The molecule has 0 amide bonds. The van der Waals surface area contributed by atoms with Crippen molar-refractivity contribution in [3.8, 4) is 0 Å². The van der Waals surface area contributed by atoms with Crippen molar-refractivity contribution in [1.29, 1.82) is 0 Å². The Morgan fingerprint density at radius 2 is 2.10 bits per heavy atom. The van der Waals surface area contributed by atoms with Gasteiger partial charge in [0.25, 0.3) is 0 Å². The van der Waals surface area contributed by atoms with E-state index in [0.29, 0.717) is 30.5 Å². The molecule has 0 aromatic heterocycles. The Hall–Kier alpha value is -2.35. The van der Waals surface area contributed by atoms with Gasteiger partial charge in [-0.25, -0.2) is 9.18 Å². The molecule has 2 aliphatic heterocycles. The predicted octanol–water partition coefficient (Wildman–Crippen LogP) is 1.92. The molecule has 2 heterocycles. The number of methoxy groups -OCH3 is 1. The van der Waals surface area contributed by atoms with Gasteiger partial charge in [-0.15, -0.1) is 0 Å². The van der Waals surface area contributed by atoms with Crippen LogP contribution in [0.15, 0.2) is 35.1 Å². The third-order valence-electron chi connectivity index (χ3n) is 7.48. The first-order chi connectivity index (χ1) is 14.3. The summed E-state index contributed by atoms with van der Waals surface area (Å²) in [5.41, 5.74) is 6.46. The Morgan fingerprint density at radius 3 is 2.73 bits per heavy atom. The van der Waals surface area contributed by atoms with Crippen LogP contribution in [0.4, 0.5) is 4.39 Å². The van der Waals surface area contributed by atoms with E-state index in [2.05, 4.69) is 0 Å². The summed E-state index contributed by atoms with van der Waals surface area (Å²) in [6.07, 6.45) is 8.76. The van der Waals surface area contributed by atoms with Crippen molar-refractivity contribution in [1.82, 2.24) is 9.80 Å². The Kier molecular flexibility index (Phi) is 4.47. The molecule has 0 aromatic carbocycles. The fourth-order valence-electron chi connectivity index (χ4n) is 5.83. The number of rotatable bonds is 4. The highest BCUT2D eigenvalue weighted by atomic mass is 19.1. The average Bonchev–Trinajstić information content (AvgIpc) is 3.48. The van der Waals surface area contributed by atoms with Crippen molar-refractivity contribution in [3.05, 3.63) is 35.1 Å². The van der Waals surface area contributed by atoms with Gasteiger partial charge in [0.1, 0.15) is 28.9 Å². The zero-order valence-electron chi connectivity index (χ0n) is 17.1. The topological polar surface area (TPSA) is 96.1 Å². The molecule has 8 heteroatoms. The number of halogens is 1. The number of hydrogen-bond acceptors (Lipinski definition) is 6. The summed E-state index contributed by atoms with van der Waals surface area (Å²) >= 11 is 0. The Bertz CT molecular complexity index is 893. The van der Waals surface area contributed by atoms with Crippen molar-refractivity contribution < 1.29 is 23.8 Å². The Morgan fingerprint density at radius 1 is 1.33 bits per heavy atom. The molecule has 0 aromatic rings. The van der Waals surface area contributed by atoms with E-state index < -0.39 is 29.5 Å². The third-order valence-corrected chi connectivity index (χ3v) is 7.48. The molecule has 3 N–H and O–H groups in total. The SMILES string of the molecule is COC1=C(N2CC3CCCCC3(N)C2)C(F)=CC2C(=O)C(C(=O)O)=CN(C3CC3)C12. The summed E-state index contributed by atoms with van der Waals surface area (Å²) in [6.45, 7) is 1.23. The summed E-state index contributed by atoms with van der Waals surface area (Å²) in [5, 5.41) is 9.48. The maximum absolute atomic E-state index is 15.5. The van der Waals surface area contributed by atoms with E-state index in [4.69, 9.17) is 10.5 Å². The summed E-state index contributed by atoms with van der Waals surface area (Å²) in [4.78, 5) is 28.4. The number of Topliss-reactive ketones (excluding diaryl/α,β-unsaturated/α-hetero) is 1. The molecule has 4 atom stereocenters. The summed E-state index contributed by atoms with van der Waals surface area (Å²) in [6, 6.07) is -0.383. The van der Waals surface area contributed by atoms with Crippen molar-refractivity contribution in [2.75, 3.05) is 20.2 Å². The number of likely N-dealkylation sites (tertiary alicyclic amines) is 1. The van der Waals surface area contributed by atoms with Crippen LogP contribution in [0.1, 0.15) is 38.5 Å². The van der Waals surface area contributed by atoms with Crippen LogP contribution in [-0.2, 0) is 14.3 Å². The van der Waals surface area contributed by atoms with Gasteiger partial charge in [-0.3, -0.25) is 4.79 Å². The molecular formula is C22H28FN3O4. The highest BCUT2D eigenvalue weighted by Gasteiger charge is 2.52. The molecule has 3 aliphatic carbocycles. The van der Waals surface area contributed by atoms with Gasteiger partial charge in [0.05, 0.1) is 13.0 Å². The second kappa shape index (κ2) is 6.83. The number of allylic oxidation sites excluding steroid dienone is 1. The van der Waals surface area contributed by atoms with Gasteiger partial charge in [0, 0.05) is 30.9 Å². The van der Waals surface area contributed by atoms with Crippen LogP contribution in [0, 0.1) is 11.8 Å². The molecule has 0 spiro atoms. The lowest BCUT2D eigenvalue weighted by Gasteiger charge is -2.43. The molecule has 3 fully saturated rings. The van der Waals surface area contributed by atoms with Gasteiger partial charge in [-0.1, -0.05) is 12.8 Å². The van der Waals surface area contributed by atoms with E-state index in [-0.39, 0.29) is 17.2 Å². The first-order valence-corrected chi connectivity index (χ1v) is 10.8. The molecule has 5 aliphatic rings. The van der Waals surface area contributed by atoms with Crippen molar-refractivity contribution in [2.45, 2.75) is 56.1 Å². The highest BCUT2D eigenvalue weighted by molar-refractivity contribution is 6.18. The minimum atomic E-state index is -1.28. The fourth-order valence-corrected chi connectivity index (χ4v) is 5.83. The van der Waals surface area contributed by atoms with Crippen LogP contribution >= 0.6 is 0 Å². The second-order valence-electron chi connectivity index (χ2n) is 9.35. The number of carbonyl (C=O) groups is 2. The predicted molar refractivity (Wildman–Crippen MR) is 107 cm³/mol. The van der Waals surface area contributed by atoms with E-state index in [9.17, 15) is 14.7 Å². The standard InChI is InChI=1S/C22H28FN3O4/c1-30-20-17-14(19(27)15(21(28)29)10-26(17)13-5-6-13)8-16(23)18(20)25-9-12-4-2-3-7-22(12,24)11-25/h8,10,12-14,17H,2-7,9,11,24H2,1H3,(H,28,29). The van der Waals surface area contributed by atoms with Crippen molar-refractivity contribution in [3.63, 3.8) is 0 Å². The van der Waals surface area contributed by atoms with Crippen molar-refractivity contribution >= 4 is 11.8 Å². The molecule has 0 bridgehead atoms. The fraction of sp³-hybridized carbons (Fsp3) is 0.636. The Balaban J connectivity index is 1.57. The van der Waals surface area contributed by atoms with Gasteiger partial charge in [0.2, 0.25) is 0 Å². The third kappa shape index (κ3) is 2.87. The van der Waals surface area contributed by atoms with E-state index in [1.165, 1.54) is 19.4 Å². The van der Waals surface area contributed by atoms with Crippen LogP contribution in [-0.4, -0.2) is 64.5 Å². The lowest BCUT2D eigenvalue weighted by atomic mass is 9.76. The maximum Gasteiger partial charge on any atom is 0.340 e. The normalized spacial score (nSPS) is 36.2. The van der Waals surface area contributed by atoms with Gasteiger partial charge >= 0.3 is 5.97 Å². The number of carboxylic acid groups (broad SMARTS) is 1. The maximum atomic E-state index is 15.5. The molecule has 1 saturated heterocycles. The second-order valence-corrected chi connectivity index (χ2v) is 9.35. The monoisotopic (exact) mass is 417 g/mol. The minimum Gasteiger partial charge on any atom is -0.497 e. The largest absolute Gasteiger partial charge is 0.497 e. The number of ether oxygens (including phenoxy) is 1. The first kappa shape index (κ1) is 19.6. The first-order valence-electron chi connectivity index (χ1n) is 10.8. The zero-order valence-corrected chi connectivity index (χ0v) is 17.1. The molecular weight excluding hydrogens is 389 g/mol. The van der Waals surface area contributed by atoms with Crippen LogP contribution < -0.4 is 5.73 Å². The minimum absolute atomic E-state index is 0.142. The quantitative estimate of drug-likeness (QED) is 0.675. The van der Waals surface area contributed by atoms with Gasteiger partial charge in [0.15, 0.2) is 5.78 Å². The van der Waals surface area contributed by atoms with Crippen LogP contribution in [0.2, 0.25) is 0 Å². The Labute approximate surface area is 175 Å². The summed E-state index contributed by atoms with van der Waals surface area (Å²) < 4.78 is 21.2. The number of hydrogen-bond donors (Lipinski definition) is 2. The van der Waals surface area contributed by atoms with Crippen molar-refractivity contribution in [2.24, 2.45) is 17.6 Å². The number of carbonyl (C=O) groups excluding carboxylic acids is 1. The zero-order chi connectivity index (χ0) is 21.2. The van der Waals surface area contributed by atoms with E-state index in [1.807, 2.05) is 9.80 Å². The number of carboxylic acids is 1. The number of fused-ring (bicyclic) bond motifs is 2. The van der Waals surface area contributed by atoms with Gasteiger partial charge in [-0.05, 0) is 37.7 Å².